The van der Waals surface area contributed by atoms with Gasteiger partial charge in [0.15, 0.2) is 0 Å². The zero-order valence-corrected chi connectivity index (χ0v) is 17.9. The van der Waals surface area contributed by atoms with Crippen molar-refractivity contribution >= 4 is 28.3 Å². The molecule has 0 radical (unpaired) electrons. The predicted molar refractivity (Wildman–Crippen MR) is 109 cm³/mol. The second kappa shape index (κ2) is 8.19. The quantitative estimate of drug-likeness (QED) is 0.710. The van der Waals surface area contributed by atoms with E-state index in [0.29, 0.717) is 5.13 Å². The maximum atomic E-state index is 13.6. The highest BCUT2D eigenvalue weighted by Crippen LogP contribution is 2.52. The van der Waals surface area contributed by atoms with Crippen molar-refractivity contribution in [2.75, 3.05) is 18.4 Å². The van der Waals surface area contributed by atoms with Crippen LogP contribution in [0.2, 0.25) is 0 Å². The molecule has 0 unspecified atom stereocenters. The maximum Gasteiger partial charge on any atom is 0.237 e. The van der Waals surface area contributed by atoms with Crippen LogP contribution >= 0.6 is 11.3 Å². The number of rotatable bonds is 6. The highest BCUT2D eigenvalue weighted by molar-refractivity contribution is 7.15. The summed E-state index contributed by atoms with van der Waals surface area (Å²) in [7, 11) is 0. The molecule has 3 aliphatic carbocycles. The van der Waals surface area contributed by atoms with Crippen molar-refractivity contribution < 1.29 is 14.0 Å². The van der Waals surface area contributed by atoms with Crippen LogP contribution in [0.5, 0.6) is 0 Å². The minimum atomic E-state index is -1.12. The number of fused-ring (bicyclic) bond motifs is 3. The van der Waals surface area contributed by atoms with Gasteiger partial charge in [0, 0.05) is 17.4 Å². The van der Waals surface area contributed by atoms with Crippen LogP contribution < -0.4 is 10.6 Å². The lowest BCUT2D eigenvalue weighted by Crippen LogP contribution is -2.59. The zero-order chi connectivity index (χ0) is 21.4. The Kier molecular flexibility index (Phi) is 5.77. The average molecular weight is 435 g/mol. The Morgan fingerprint density at radius 2 is 1.97 bits per heavy atom. The molecule has 2 N–H and O–H groups in total. The number of nitrogens with one attached hydrogen (secondary N) is 2. The first kappa shape index (κ1) is 21.1. The first-order valence-electron chi connectivity index (χ1n) is 10.6. The van der Waals surface area contributed by atoms with Crippen LogP contribution in [0.1, 0.15) is 56.9 Å². The number of anilines is 1. The molecule has 162 valence electrons. The molecule has 3 saturated carbocycles. The number of likely N-dealkylation sites (tertiary alicyclic amines) is 1. The average Bonchev–Trinajstić information content (AvgIpc) is 3.39. The fourth-order valence-corrected chi connectivity index (χ4v) is 5.69. The van der Waals surface area contributed by atoms with Crippen molar-refractivity contribution in [3.63, 3.8) is 0 Å². The molecule has 2 amide bonds. The number of carbonyl (C=O) groups excluding carboxylic acids is 2. The normalized spacial score (nSPS) is 32.8. The van der Waals surface area contributed by atoms with Gasteiger partial charge in [-0.2, -0.15) is 5.26 Å². The second-order valence-corrected chi connectivity index (χ2v) is 9.81. The molecule has 5 rings (SSSR count). The topological polar surface area (TPSA) is 111 Å². The number of halogens is 1. The predicted octanol–water partition coefficient (Wildman–Crippen LogP) is 2.18. The van der Waals surface area contributed by atoms with Crippen molar-refractivity contribution in [2.45, 2.75) is 76.0 Å². The lowest BCUT2D eigenvalue weighted by atomic mass is 9.57. The van der Waals surface area contributed by atoms with Crippen LogP contribution in [0.3, 0.4) is 0 Å². The summed E-state index contributed by atoms with van der Waals surface area (Å²) in [5, 5.41) is 25.1. The molecule has 4 fully saturated rings. The molecular weight excluding hydrogens is 407 g/mol. The molecule has 0 spiro atoms. The second-order valence-electron chi connectivity index (χ2n) is 8.75. The molecule has 1 aromatic rings. The fraction of sp³-hybridized carbons (Fsp3) is 0.750. The monoisotopic (exact) mass is 434 g/mol. The molecular formula is C20H27FN6O2S. The first-order chi connectivity index (χ1) is 14.4. The van der Waals surface area contributed by atoms with Gasteiger partial charge in [0.2, 0.25) is 16.9 Å². The van der Waals surface area contributed by atoms with Gasteiger partial charge in [0.25, 0.3) is 0 Å². The molecule has 30 heavy (non-hydrogen) atoms. The minimum absolute atomic E-state index is 0.000378. The van der Waals surface area contributed by atoms with Gasteiger partial charge >= 0.3 is 0 Å². The Labute approximate surface area is 179 Å². The minimum Gasteiger partial charge on any atom is -0.323 e. The van der Waals surface area contributed by atoms with Crippen LogP contribution in [0.25, 0.3) is 0 Å². The van der Waals surface area contributed by atoms with E-state index in [-0.39, 0.29) is 42.3 Å². The summed E-state index contributed by atoms with van der Waals surface area (Å²) in [6.07, 6.45) is 4.50. The molecule has 8 nitrogen and oxygen atoms in total. The Morgan fingerprint density at radius 1 is 1.27 bits per heavy atom. The molecule has 1 aromatic heterocycles. The highest BCUT2D eigenvalue weighted by Gasteiger charge is 2.52. The standard InChI is InChI=1S/C20H27FN6O2S/c1-2-15-25-26-18(30-15)24-17(29)19-3-6-20(7-4-19,8-5-19)23-11-16(28)27-12-13(21)9-14(27)10-22/h13-14,23H,2-9,11-12H2,1H3,(H,24,26,29)/t13-,14-,19?,20?/m0/s1. The van der Waals surface area contributed by atoms with Crippen LogP contribution in [0, 0.1) is 16.7 Å². The number of hydrogen-bond donors (Lipinski definition) is 2. The Hall–Kier alpha value is -2.12. The third kappa shape index (κ3) is 3.93. The van der Waals surface area contributed by atoms with E-state index in [0.717, 1.165) is 50.0 Å². The molecule has 1 saturated heterocycles. The van der Waals surface area contributed by atoms with E-state index in [2.05, 4.69) is 20.8 Å². The first-order valence-corrected chi connectivity index (χ1v) is 11.4. The van der Waals surface area contributed by atoms with Gasteiger partial charge in [-0.1, -0.05) is 18.3 Å². The maximum absolute atomic E-state index is 13.6. The molecule has 2 heterocycles. The van der Waals surface area contributed by atoms with E-state index in [4.69, 9.17) is 5.26 Å². The number of nitrogens with zero attached hydrogens (tertiary/aromatic N) is 4. The van der Waals surface area contributed by atoms with Gasteiger partial charge in [-0.25, -0.2) is 4.39 Å². The van der Waals surface area contributed by atoms with Crippen LogP contribution in [-0.4, -0.2) is 57.8 Å². The van der Waals surface area contributed by atoms with Crippen molar-refractivity contribution in [1.82, 2.24) is 20.4 Å². The van der Waals surface area contributed by atoms with Crippen molar-refractivity contribution in [2.24, 2.45) is 5.41 Å². The molecule has 2 atom stereocenters. The van der Waals surface area contributed by atoms with Gasteiger partial charge in [-0.3, -0.25) is 9.59 Å². The molecule has 2 bridgehead atoms. The van der Waals surface area contributed by atoms with Crippen LogP contribution in [0.15, 0.2) is 0 Å². The van der Waals surface area contributed by atoms with E-state index >= 15 is 0 Å². The molecule has 10 heteroatoms. The van der Waals surface area contributed by atoms with Gasteiger partial charge < -0.3 is 15.5 Å². The smallest absolute Gasteiger partial charge is 0.237 e. The van der Waals surface area contributed by atoms with Crippen molar-refractivity contribution in [3.05, 3.63) is 5.01 Å². The third-order valence-electron chi connectivity index (χ3n) is 7.05. The summed E-state index contributed by atoms with van der Waals surface area (Å²) in [5.74, 6) is -0.201. The summed E-state index contributed by atoms with van der Waals surface area (Å²) in [6.45, 7) is 2.11. The van der Waals surface area contributed by atoms with Crippen molar-refractivity contribution in [1.29, 1.82) is 5.26 Å². The number of alkyl halides is 1. The molecule has 1 aliphatic heterocycles. The van der Waals surface area contributed by atoms with E-state index < -0.39 is 12.2 Å². The fourth-order valence-electron chi connectivity index (χ4n) is 5.02. The Bertz CT molecular complexity index is 843. The van der Waals surface area contributed by atoms with Gasteiger partial charge in [0.05, 0.1) is 19.2 Å². The number of hydrogen-bond acceptors (Lipinski definition) is 7. The molecule has 4 aliphatic rings. The summed E-state index contributed by atoms with van der Waals surface area (Å²) in [5.41, 5.74) is -0.541. The van der Waals surface area contributed by atoms with Gasteiger partial charge in [-0.05, 0) is 44.9 Å². The van der Waals surface area contributed by atoms with Crippen LogP contribution in [0.4, 0.5) is 9.52 Å². The molecule has 0 aromatic carbocycles. The summed E-state index contributed by atoms with van der Waals surface area (Å²) >= 11 is 1.41. The number of carbonyl (C=O) groups is 2. The largest absolute Gasteiger partial charge is 0.323 e. The summed E-state index contributed by atoms with van der Waals surface area (Å²) < 4.78 is 13.6. The van der Waals surface area contributed by atoms with E-state index in [9.17, 15) is 14.0 Å². The van der Waals surface area contributed by atoms with E-state index in [1.807, 2.05) is 13.0 Å². The van der Waals surface area contributed by atoms with Crippen LogP contribution in [-0.2, 0) is 16.0 Å². The number of aromatic nitrogens is 2. The van der Waals surface area contributed by atoms with E-state index in [1.54, 1.807) is 0 Å². The van der Waals surface area contributed by atoms with Crippen molar-refractivity contribution in [3.8, 4) is 6.07 Å². The summed E-state index contributed by atoms with van der Waals surface area (Å²) in [6, 6.07) is 1.35. The van der Waals surface area contributed by atoms with Gasteiger partial charge in [0.1, 0.15) is 17.2 Å². The number of amides is 2. The summed E-state index contributed by atoms with van der Waals surface area (Å²) in [4.78, 5) is 26.9. The number of aryl methyl sites for hydroxylation is 1. The SMILES string of the molecule is CCc1nnc(NC(=O)C23CCC(NCC(=O)N4C[C@@H](F)C[C@H]4C#N)(CC2)CC3)s1. The lowest BCUT2D eigenvalue weighted by molar-refractivity contribution is -0.135. The highest BCUT2D eigenvalue weighted by atomic mass is 32.1. The lowest BCUT2D eigenvalue weighted by Gasteiger charge is -2.52. The third-order valence-corrected chi connectivity index (χ3v) is 8.03. The number of nitriles is 1. The van der Waals surface area contributed by atoms with Gasteiger partial charge in [-0.15, -0.1) is 10.2 Å². The van der Waals surface area contributed by atoms with E-state index in [1.165, 1.54) is 16.2 Å². The Morgan fingerprint density at radius 3 is 2.57 bits per heavy atom. The zero-order valence-electron chi connectivity index (χ0n) is 17.1. The Balaban J connectivity index is 1.31.